The van der Waals surface area contributed by atoms with Crippen LogP contribution in [0.15, 0.2) is 122 Å². The van der Waals surface area contributed by atoms with Gasteiger partial charge in [-0.05, 0) is 89.9 Å². The van der Waals surface area contributed by atoms with Crippen LogP contribution in [0.2, 0.25) is 0 Å². The fourth-order valence-corrected chi connectivity index (χ4v) is 6.93. The van der Waals surface area contributed by atoms with E-state index < -0.39 is 6.10 Å². The second-order valence-corrected chi connectivity index (χ2v) is 17.2. The third kappa shape index (κ3) is 50.8. The highest BCUT2D eigenvalue weighted by molar-refractivity contribution is 5.71. The largest absolute Gasteiger partial charge is 0.462 e. The van der Waals surface area contributed by atoms with Crippen molar-refractivity contribution in [2.45, 2.75) is 226 Å². The third-order valence-corrected chi connectivity index (χ3v) is 10.9. The van der Waals surface area contributed by atoms with Gasteiger partial charge in [0.15, 0.2) is 6.10 Å². The molecule has 6 heteroatoms. The van der Waals surface area contributed by atoms with E-state index in [1.165, 1.54) is 89.9 Å². The van der Waals surface area contributed by atoms with Crippen molar-refractivity contribution in [2.75, 3.05) is 13.2 Å². The van der Waals surface area contributed by atoms with Crippen molar-refractivity contribution in [1.29, 1.82) is 0 Å². The topological polar surface area (TPSA) is 78.9 Å². The van der Waals surface area contributed by atoms with Gasteiger partial charge in [-0.15, -0.1) is 0 Å². The first kappa shape index (κ1) is 61.8. The van der Waals surface area contributed by atoms with Crippen LogP contribution in [0.3, 0.4) is 0 Å². The summed E-state index contributed by atoms with van der Waals surface area (Å²) in [6.45, 7) is 6.31. The Morgan fingerprint density at radius 2 is 0.667 bits per heavy atom. The number of ether oxygens (including phenoxy) is 3. The second-order valence-electron chi connectivity index (χ2n) is 17.2. The van der Waals surface area contributed by atoms with Gasteiger partial charge < -0.3 is 14.2 Å². The van der Waals surface area contributed by atoms with Gasteiger partial charge in [0.1, 0.15) is 13.2 Å². The number of hydrogen-bond acceptors (Lipinski definition) is 6. The van der Waals surface area contributed by atoms with E-state index in [0.717, 1.165) is 89.9 Å². The highest BCUT2D eigenvalue weighted by atomic mass is 16.6. The molecule has 0 aliphatic heterocycles. The van der Waals surface area contributed by atoms with Gasteiger partial charge in [0.05, 0.1) is 0 Å². The minimum atomic E-state index is -0.806. The predicted molar refractivity (Wildman–Crippen MR) is 283 cm³/mol. The van der Waals surface area contributed by atoms with Crippen molar-refractivity contribution in [3.63, 3.8) is 0 Å². The predicted octanol–water partition coefficient (Wildman–Crippen LogP) is 17.7. The summed E-state index contributed by atoms with van der Waals surface area (Å²) < 4.78 is 16.8. The summed E-state index contributed by atoms with van der Waals surface area (Å²) in [4.78, 5) is 38.1. The van der Waals surface area contributed by atoms with Gasteiger partial charge in [-0.3, -0.25) is 14.4 Å². The monoisotopic (exact) mass is 913 g/mol. The molecule has 372 valence electrons. The molecule has 1 unspecified atom stereocenters. The summed E-state index contributed by atoms with van der Waals surface area (Å²) in [5.74, 6) is -0.966. The van der Waals surface area contributed by atoms with Crippen molar-refractivity contribution in [2.24, 2.45) is 0 Å². The number of allylic oxidation sites excluding steroid dienone is 20. The van der Waals surface area contributed by atoms with Crippen LogP contribution in [0.5, 0.6) is 0 Å². The molecule has 0 N–H and O–H groups in total. The molecule has 0 aromatic heterocycles. The van der Waals surface area contributed by atoms with Crippen LogP contribution < -0.4 is 0 Å². The Labute approximate surface area is 405 Å². The van der Waals surface area contributed by atoms with Crippen LogP contribution in [0.1, 0.15) is 220 Å². The van der Waals surface area contributed by atoms with E-state index in [4.69, 9.17) is 14.2 Å². The summed E-state index contributed by atoms with van der Waals surface area (Å²) in [5, 5.41) is 0. The fraction of sp³-hybridized carbons (Fsp3) is 0.617. The van der Waals surface area contributed by atoms with Crippen molar-refractivity contribution >= 4 is 17.9 Å². The molecule has 0 rings (SSSR count). The fourth-order valence-electron chi connectivity index (χ4n) is 6.93. The Kier molecular flexibility index (Phi) is 50.0. The molecule has 0 saturated heterocycles. The quantitative estimate of drug-likeness (QED) is 0.0199. The van der Waals surface area contributed by atoms with E-state index in [0.29, 0.717) is 19.3 Å². The first-order valence-electron chi connectivity index (χ1n) is 26.6. The summed E-state index contributed by atoms with van der Waals surface area (Å²) in [6, 6.07) is 0. The number of esters is 3. The number of hydrogen-bond donors (Lipinski definition) is 0. The molecule has 6 nitrogen and oxygen atoms in total. The summed E-state index contributed by atoms with van der Waals surface area (Å²) >= 11 is 0. The molecule has 0 aliphatic carbocycles. The average molecular weight is 913 g/mol. The van der Waals surface area contributed by atoms with E-state index in [1.807, 2.05) is 72.9 Å². The minimum Gasteiger partial charge on any atom is -0.462 e. The minimum absolute atomic E-state index is 0.102. The van der Waals surface area contributed by atoms with Crippen LogP contribution in [-0.4, -0.2) is 37.2 Å². The number of carbonyl (C=O) groups excluding carboxylic acids is 3. The van der Waals surface area contributed by atoms with Crippen LogP contribution in [0, 0.1) is 0 Å². The maximum atomic E-state index is 12.8. The number of rotatable bonds is 46. The standard InChI is InChI=1S/C60H96O6/c1-4-7-10-13-16-19-22-25-28-29-30-31-33-35-38-41-44-47-50-53-59(62)65-56-57(55-64-58(61)52-49-46-43-40-37-34-27-24-21-18-15-12-9-6-3)66-60(63)54-51-48-45-42-39-36-32-26-23-20-17-14-11-8-5-2/h7,9-10,12-13,16,18-23,25,28-31,33,35,38,57H,4-6,8,11,14-15,17,24,26-27,32,34,36-37,39-56H2,1-3H3/b10-7-,12-9-,16-13-,21-18-,22-19-,23-20-,28-25-,30-29+,33-31-,38-35-. The molecule has 1 atom stereocenters. The van der Waals surface area contributed by atoms with Crippen LogP contribution >= 0.6 is 0 Å². The highest BCUT2D eigenvalue weighted by Gasteiger charge is 2.19. The Morgan fingerprint density at radius 3 is 1.12 bits per heavy atom. The molecule has 0 heterocycles. The molecule has 0 bridgehead atoms. The Hall–Kier alpha value is -4.19. The first-order valence-corrected chi connectivity index (χ1v) is 26.6. The van der Waals surface area contributed by atoms with E-state index in [1.54, 1.807) is 0 Å². The molecular weight excluding hydrogens is 817 g/mol. The lowest BCUT2D eigenvalue weighted by Gasteiger charge is -2.18. The molecule has 0 aromatic carbocycles. The highest BCUT2D eigenvalue weighted by Crippen LogP contribution is 2.14. The van der Waals surface area contributed by atoms with E-state index in [-0.39, 0.29) is 31.1 Å². The molecule has 0 aromatic rings. The SMILES string of the molecule is CC\C=C/C=C\C=C/C=C\C=C\C=C/C=C\CCCCCC(=O)OCC(COC(=O)CCCCCCCCC/C=C\C/C=C\CC)OC(=O)CCCCCCCCC/C=C\CCCCCC. The first-order chi connectivity index (χ1) is 32.5. The number of unbranched alkanes of at least 4 members (excludes halogenated alkanes) is 21. The van der Waals surface area contributed by atoms with Gasteiger partial charge in [-0.2, -0.15) is 0 Å². The zero-order chi connectivity index (χ0) is 47.9. The second kappa shape index (κ2) is 53.4. The summed E-state index contributed by atoms with van der Waals surface area (Å²) in [5.41, 5.74) is 0. The maximum absolute atomic E-state index is 12.8. The molecule has 0 aliphatic rings. The maximum Gasteiger partial charge on any atom is 0.306 e. The van der Waals surface area contributed by atoms with E-state index in [9.17, 15) is 14.4 Å². The normalized spacial score (nSPS) is 13.1. The molecule has 66 heavy (non-hydrogen) atoms. The van der Waals surface area contributed by atoms with E-state index in [2.05, 4.69) is 69.4 Å². The van der Waals surface area contributed by atoms with E-state index >= 15 is 0 Å². The lowest BCUT2D eigenvalue weighted by Crippen LogP contribution is -2.30. The summed E-state index contributed by atoms with van der Waals surface area (Å²) in [6.07, 6.45) is 73.2. The zero-order valence-corrected chi connectivity index (χ0v) is 42.4. The summed E-state index contributed by atoms with van der Waals surface area (Å²) in [7, 11) is 0. The Balaban J connectivity index is 4.52. The molecular formula is C60H96O6. The molecule has 0 spiro atoms. The molecule has 0 saturated carbocycles. The Bertz CT molecular complexity index is 1420. The number of carbonyl (C=O) groups is 3. The van der Waals surface area contributed by atoms with Crippen molar-refractivity contribution in [1.82, 2.24) is 0 Å². The zero-order valence-electron chi connectivity index (χ0n) is 42.4. The van der Waals surface area contributed by atoms with Crippen molar-refractivity contribution in [3.8, 4) is 0 Å². The van der Waals surface area contributed by atoms with Crippen LogP contribution in [0.25, 0.3) is 0 Å². The van der Waals surface area contributed by atoms with Gasteiger partial charge in [-0.25, -0.2) is 0 Å². The molecule has 0 radical (unpaired) electrons. The van der Waals surface area contributed by atoms with Crippen LogP contribution in [-0.2, 0) is 28.6 Å². The van der Waals surface area contributed by atoms with Gasteiger partial charge >= 0.3 is 17.9 Å². The average Bonchev–Trinajstić information content (AvgIpc) is 3.31. The van der Waals surface area contributed by atoms with Crippen molar-refractivity contribution in [3.05, 3.63) is 122 Å². The third-order valence-electron chi connectivity index (χ3n) is 10.9. The van der Waals surface area contributed by atoms with Gasteiger partial charge in [-0.1, -0.05) is 232 Å². The van der Waals surface area contributed by atoms with Gasteiger partial charge in [0, 0.05) is 19.3 Å². The lowest BCUT2D eigenvalue weighted by atomic mass is 10.1. The molecule has 0 amide bonds. The van der Waals surface area contributed by atoms with Gasteiger partial charge in [0.2, 0.25) is 0 Å². The van der Waals surface area contributed by atoms with Crippen LogP contribution in [0.4, 0.5) is 0 Å². The molecule has 0 fully saturated rings. The van der Waals surface area contributed by atoms with Gasteiger partial charge in [0.25, 0.3) is 0 Å². The van der Waals surface area contributed by atoms with Crippen molar-refractivity contribution < 1.29 is 28.6 Å². The lowest BCUT2D eigenvalue weighted by molar-refractivity contribution is -0.167. The smallest absolute Gasteiger partial charge is 0.306 e. The Morgan fingerprint density at radius 1 is 0.333 bits per heavy atom.